The first-order chi connectivity index (χ1) is 14.9. The van der Waals surface area contributed by atoms with E-state index in [1.54, 1.807) is 55.6 Å². The fourth-order valence-corrected chi connectivity index (χ4v) is 4.35. The van der Waals surface area contributed by atoms with Crippen LogP contribution in [0.15, 0.2) is 76.7 Å². The maximum Gasteiger partial charge on any atom is 0.239 e. The van der Waals surface area contributed by atoms with Crippen LogP contribution in [0, 0.1) is 6.92 Å². The van der Waals surface area contributed by atoms with Gasteiger partial charge in [0.1, 0.15) is 4.90 Å². The molecule has 0 fully saturated rings. The van der Waals surface area contributed by atoms with Crippen molar-refractivity contribution in [3.05, 3.63) is 78.1 Å². The number of hydrogen-bond donors (Lipinski definition) is 2. The van der Waals surface area contributed by atoms with E-state index in [4.69, 9.17) is 4.74 Å². The van der Waals surface area contributed by atoms with Gasteiger partial charge >= 0.3 is 0 Å². The number of aryl methyl sites for hydroxylation is 1. The number of sulfone groups is 1. The summed E-state index contributed by atoms with van der Waals surface area (Å²) in [5.74, 6) is -0.0528. The van der Waals surface area contributed by atoms with Crippen LogP contribution in [0.1, 0.15) is 18.2 Å². The normalized spacial score (nSPS) is 11.0. The molecule has 162 valence electrons. The molecule has 0 aliphatic carbocycles. The number of benzene rings is 2. The molecule has 7 nitrogen and oxygen atoms in total. The number of ether oxygens (including phenoxy) is 1. The average molecular weight is 440 g/mol. The molecule has 3 aromatic rings. The number of para-hydroxylation sites is 1. The summed E-state index contributed by atoms with van der Waals surface area (Å²) in [6.45, 7) is 4.22. The second kappa shape index (κ2) is 10.1. The van der Waals surface area contributed by atoms with E-state index in [2.05, 4.69) is 15.6 Å². The van der Waals surface area contributed by atoms with Gasteiger partial charge in [-0.3, -0.25) is 9.78 Å². The van der Waals surface area contributed by atoms with Gasteiger partial charge in [0.25, 0.3) is 0 Å². The molecule has 0 aliphatic rings. The monoisotopic (exact) mass is 439 g/mol. The van der Waals surface area contributed by atoms with E-state index in [0.717, 1.165) is 11.3 Å². The minimum Gasteiger partial charge on any atom is -0.490 e. The number of rotatable bonds is 9. The smallest absolute Gasteiger partial charge is 0.239 e. The highest BCUT2D eigenvalue weighted by atomic mass is 32.2. The maximum atomic E-state index is 13.2. The van der Waals surface area contributed by atoms with Crippen LogP contribution in [-0.4, -0.2) is 32.5 Å². The van der Waals surface area contributed by atoms with Gasteiger partial charge in [0.2, 0.25) is 15.7 Å². The number of nitrogens with one attached hydrogen (secondary N) is 2. The number of anilines is 1. The Bertz CT molecular complexity index is 1130. The highest BCUT2D eigenvalue weighted by molar-refractivity contribution is 7.91. The van der Waals surface area contributed by atoms with E-state index in [0.29, 0.717) is 12.2 Å². The van der Waals surface area contributed by atoms with Gasteiger partial charge in [-0.25, -0.2) is 8.42 Å². The van der Waals surface area contributed by atoms with Crippen molar-refractivity contribution >= 4 is 21.4 Å². The van der Waals surface area contributed by atoms with Gasteiger partial charge in [-0.05, 0) is 50.2 Å². The molecule has 0 radical (unpaired) electrons. The molecular weight excluding hydrogens is 414 g/mol. The molecule has 0 spiro atoms. The highest BCUT2D eigenvalue weighted by Gasteiger charge is 2.24. The summed E-state index contributed by atoms with van der Waals surface area (Å²) < 4.78 is 32.1. The Morgan fingerprint density at radius 3 is 2.48 bits per heavy atom. The van der Waals surface area contributed by atoms with Crippen molar-refractivity contribution in [1.29, 1.82) is 0 Å². The topological polar surface area (TPSA) is 97.4 Å². The van der Waals surface area contributed by atoms with Gasteiger partial charge in [-0.1, -0.05) is 29.8 Å². The van der Waals surface area contributed by atoms with Crippen molar-refractivity contribution in [3.63, 3.8) is 0 Å². The minimum absolute atomic E-state index is 0.0407. The van der Waals surface area contributed by atoms with Gasteiger partial charge in [0.05, 0.1) is 36.0 Å². The molecule has 31 heavy (non-hydrogen) atoms. The summed E-state index contributed by atoms with van der Waals surface area (Å²) in [4.78, 5) is 16.6. The van der Waals surface area contributed by atoms with Crippen molar-refractivity contribution in [2.75, 3.05) is 18.5 Å². The molecule has 1 amide bonds. The van der Waals surface area contributed by atoms with Gasteiger partial charge in [0, 0.05) is 6.20 Å². The number of hydrogen-bond acceptors (Lipinski definition) is 6. The number of pyridine rings is 1. The molecule has 0 atom stereocenters. The Morgan fingerprint density at radius 2 is 1.81 bits per heavy atom. The third-order valence-corrected chi connectivity index (χ3v) is 6.31. The maximum absolute atomic E-state index is 13.2. The summed E-state index contributed by atoms with van der Waals surface area (Å²) in [6, 6.07) is 16.9. The molecule has 8 heteroatoms. The molecular formula is C23H25N3O4S. The molecule has 0 bridgehead atoms. The van der Waals surface area contributed by atoms with Crippen molar-refractivity contribution in [3.8, 4) is 5.75 Å². The van der Waals surface area contributed by atoms with Crippen molar-refractivity contribution in [2.24, 2.45) is 0 Å². The van der Waals surface area contributed by atoms with E-state index < -0.39 is 9.84 Å². The number of carbonyl (C=O) groups excluding carboxylic acids is 1. The number of amides is 1. The second-order valence-electron chi connectivity index (χ2n) is 6.83. The zero-order valence-corrected chi connectivity index (χ0v) is 18.3. The molecule has 0 saturated heterocycles. The number of nitrogens with zero attached hydrogens (tertiary/aromatic N) is 1. The molecule has 0 unspecified atom stereocenters. The Labute approximate surface area is 182 Å². The van der Waals surface area contributed by atoms with Crippen LogP contribution in [0.3, 0.4) is 0 Å². The van der Waals surface area contributed by atoms with E-state index >= 15 is 0 Å². The lowest BCUT2D eigenvalue weighted by Gasteiger charge is -2.16. The quantitative estimate of drug-likeness (QED) is 0.531. The first-order valence-corrected chi connectivity index (χ1v) is 11.4. The Hall–Kier alpha value is -3.39. The van der Waals surface area contributed by atoms with Gasteiger partial charge in [0.15, 0.2) is 5.75 Å². The standard InChI is InChI=1S/C23H25N3O4S/c1-3-30-23-20(25-16-22(27)26-15-18-7-4-5-14-24-18)8-6-9-21(23)31(28,29)19-12-10-17(2)11-13-19/h4-14,25H,3,15-16H2,1-2H3,(H,26,27). The predicted molar refractivity (Wildman–Crippen MR) is 119 cm³/mol. The molecule has 1 heterocycles. The second-order valence-corrected chi connectivity index (χ2v) is 8.75. The first-order valence-electron chi connectivity index (χ1n) is 9.90. The fourth-order valence-electron chi connectivity index (χ4n) is 2.93. The van der Waals surface area contributed by atoms with Gasteiger partial charge < -0.3 is 15.4 Å². The van der Waals surface area contributed by atoms with Crippen LogP contribution in [0.25, 0.3) is 0 Å². The third-order valence-electron chi connectivity index (χ3n) is 4.52. The lowest BCUT2D eigenvalue weighted by molar-refractivity contribution is -0.119. The van der Waals surface area contributed by atoms with Gasteiger partial charge in [-0.15, -0.1) is 0 Å². The average Bonchev–Trinajstić information content (AvgIpc) is 2.78. The summed E-state index contributed by atoms with van der Waals surface area (Å²) in [5.41, 5.74) is 2.15. The molecule has 1 aromatic heterocycles. The van der Waals surface area contributed by atoms with Gasteiger partial charge in [-0.2, -0.15) is 0 Å². The lowest BCUT2D eigenvalue weighted by atomic mass is 10.2. The minimum atomic E-state index is -3.79. The fraction of sp³-hybridized carbons (Fsp3) is 0.217. The predicted octanol–water partition coefficient (Wildman–Crippen LogP) is 3.35. The molecule has 2 aromatic carbocycles. The van der Waals surface area contributed by atoms with Crippen LogP contribution < -0.4 is 15.4 Å². The largest absolute Gasteiger partial charge is 0.490 e. The number of carbonyl (C=O) groups is 1. The summed E-state index contributed by atoms with van der Waals surface area (Å²) in [7, 11) is -3.79. The summed E-state index contributed by atoms with van der Waals surface area (Å²) >= 11 is 0. The molecule has 2 N–H and O–H groups in total. The van der Waals surface area contributed by atoms with E-state index in [9.17, 15) is 13.2 Å². The Kier molecular flexibility index (Phi) is 7.25. The third kappa shape index (κ3) is 5.61. The zero-order valence-electron chi connectivity index (χ0n) is 17.5. The highest BCUT2D eigenvalue weighted by Crippen LogP contribution is 2.35. The molecule has 3 rings (SSSR count). The van der Waals surface area contributed by atoms with Crippen LogP contribution in [-0.2, 0) is 21.2 Å². The van der Waals surface area contributed by atoms with Crippen molar-refractivity contribution in [2.45, 2.75) is 30.2 Å². The zero-order chi connectivity index (χ0) is 22.3. The van der Waals surface area contributed by atoms with Crippen LogP contribution in [0.2, 0.25) is 0 Å². The van der Waals surface area contributed by atoms with E-state index in [1.165, 1.54) is 6.07 Å². The summed E-state index contributed by atoms with van der Waals surface area (Å²) in [5, 5.41) is 5.76. The Balaban J connectivity index is 1.78. The van der Waals surface area contributed by atoms with Crippen molar-refractivity contribution < 1.29 is 17.9 Å². The van der Waals surface area contributed by atoms with Crippen molar-refractivity contribution in [1.82, 2.24) is 10.3 Å². The summed E-state index contributed by atoms with van der Waals surface area (Å²) in [6.07, 6.45) is 1.66. The lowest BCUT2D eigenvalue weighted by Crippen LogP contribution is -2.29. The molecule has 0 saturated carbocycles. The number of aromatic nitrogens is 1. The Morgan fingerprint density at radius 1 is 1.03 bits per heavy atom. The van der Waals surface area contributed by atoms with Crippen LogP contribution in [0.5, 0.6) is 5.75 Å². The van der Waals surface area contributed by atoms with E-state index in [-0.39, 0.29) is 34.6 Å². The van der Waals surface area contributed by atoms with Crippen LogP contribution in [0.4, 0.5) is 5.69 Å². The van der Waals surface area contributed by atoms with Crippen LogP contribution >= 0.6 is 0 Å². The first kappa shape index (κ1) is 22.3. The van der Waals surface area contributed by atoms with E-state index in [1.807, 2.05) is 19.1 Å². The SMILES string of the molecule is CCOc1c(NCC(=O)NCc2ccccn2)cccc1S(=O)(=O)c1ccc(C)cc1. The molecule has 0 aliphatic heterocycles.